The highest BCUT2D eigenvalue weighted by molar-refractivity contribution is 7.93. The van der Waals surface area contributed by atoms with Gasteiger partial charge in [-0.3, -0.25) is 9.52 Å². The maximum Gasteiger partial charge on any atom is 0.265 e. The van der Waals surface area contributed by atoms with Crippen LogP contribution in [0.4, 0.5) is 10.8 Å². The smallest absolute Gasteiger partial charge is 0.265 e. The zero-order valence-electron chi connectivity index (χ0n) is 11.7. The molecule has 1 amide bonds. The van der Waals surface area contributed by atoms with Crippen LogP contribution in [0.2, 0.25) is 0 Å². The molecule has 0 bridgehead atoms. The Kier molecular flexibility index (Phi) is 3.49. The van der Waals surface area contributed by atoms with Gasteiger partial charge in [-0.2, -0.15) is 0 Å². The largest absolute Gasteiger partial charge is 0.479 e. The summed E-state index contributed by atoms with van der Waals surface area (Å²) < 4.78 is 32.4. The van der Waals surface area contributed by atoms with Gasteiger partial charge in [-0.05, 0) is 26.0 Å². The molecule has 1 aromatic heterocycles. The Balaban J connectivity index is 1.92. The number of anilines is 2. The number of carbonyl (C=O) groups is 1. The first kappa shape index (κ1) is 14.7. The van der Waals surface area contributed by atoms with Gasteiger partial charge in [0.25, 0.3) is 15.9 Å². The van der Waals surface area contributed by atoms with Gasteiger partial charge in [0.1, 0.15) is 10.8 Å². The summed E-state index contributed by atoms with van der Waals surface area (Å²) in [7, 11) is -3.80. The van der Waals surface area contributed by atoms with Crippen molar-refractivity contribution in [3.63, 3.8) is 0 Å². The molecule has 1 aromatic carbocycles. The van der Waals surface area contributed by atoms with Crippen LogP contribution in [0.3, 0.4) is 0 Å². The van der Waals surface area contributed by atoms with Crippen LogP contribution >= 0.6 is 11.3 Å². The molecule has 0 spiro atoms. The fourth-order valence-electron chi connectivity index (χ4n) is 1.86. The van der Waals surface area contributed by atoms with E-state index in [1.165, 1.54) is 18.2 Å². The standard InChI is InChI=1S/C12H12N4O4S2/c1-6-11(17)13-9-4-3-8(5-10(9)20-6)22(18,19)16-12-15-14-7(2)21-12/h3-6H,1-2H3,(H,13,17)(H,15,16). The van der Waals surface area contributed by atoms with Gasteiger partial charge in [-0.25, -0.2) is 8.42 Å². The monoisotopic (exact) mass is 340 g/mol. The Morgan fingerprint density at radius 3 is 2.82 bits per heavy atom. The van der Waals surface area contributed by atoms with E-state index in [1.54, 1.807) is 13.8 Å². The van der Waals surface area contributed by atoms with Gasteiger partial charge < -0.3 is 10.1 Å². The van der Waals surface area contributed by atoms with Gasteiger partial charge in [0.2, 0.25) is 5.13 Å². The molecule has 2 N–H and O–H groups in total. The van der Waals surface area contributed by atoms with Gasteiger partial charge in [-0.15, -0.1) is 10.2 Å². The Labute approximate surface area is 130 Å². The minimum absolute atomic E-state index is 0.0162. The molecule has 8 nitrogen and oxygen atoms in total. The van der Waals surface area contributed by atoms with Crippen molar-refractivity contribution in [2.75, 3.05) is 10.0 Å². The normalized spacial score (nSPS) is 17.4. The summed E-state index contributed by atoms with van der Waals surface area (Å²) in [6.07, 6.45) is -0.677. The van der Waals surface area contributed by atoms with E-state index in [9.17, 15) is 13.2 Å². The lowest BCUT2D eigenvalue weighted by atomic mass is 10.2. The molecule has 2 aromatic rings. The summed E-state index contributed by atoms with van der Waals surface area (Å²) in [5.41, 5.74) is 0.439. The van der Waals surface area contributed by atoms with Crippen LogP contribution in [0.1, 0.15) is 11.9 Å². The van der Waals surface area contributed by atoms with Crippen LogP contribution in [0.5, 0.6) is 5.75 Å². The van der Waals surface area contributed by atoms with Crippen LogP contribution in [0.25, 0.3) is 0 Å². The van der Waals surface area contributed by atoms with Crippen molar-refractivity contribution < 1.29 is 17.9 Å². The van der Waals surface area contributed by atoms with Crippen LogP contribution in [-0.2, 0) is 14.8 Å². The summed E-state index contributed by atoms with van der Waals surface area (Å²) in [6.45, 7) is 3.31. The highest BCUT2D eigenvalue weighted by Crippen LogP contribution is 2.32. The van der Waals surface area contributed by atoms with Crippen molar-refractivity contribution in [3.05, 3.63) is 23.2 Å². The molecule has 0 saturated carbocycles. The quantitative estimate of drug-likeness (QED) is 0.873. The number of hydrogen-bond donors (Lipinski definition) is 2. The molecule has 1 aliphatic rings. The number of nitrogens with zero attached hydrogens (tertiary/aromatic N) is 2. The molecule has 0 fully saturated rings. The first-order chi connectivity index (χ1) is 10.3. The number of nitrogens with one attached hydrogen (secondary N) is 2. The van der Waals surface area contributed by atoms with Crippen LogP contribution in [0, 0.1) is 6.92 Å². The number of hydrogen-bond acceptors (Lipinski definition) is 7. The molecule has 116 valence electrons. The molecular formula is C12H12N4O4S2. The van der Waals surface area contributed by atoms with E-state index in [2.05, 4.69) is 20.2 Å². The number of benzene rings is 1. The van der Waals surface area contributed by atoms with Crippen molar-refractivity contribution in [2.24, 2.45) is 0 Å². The van der Waals surface area contributed by atoms with E-state index in [0.717, 1.165) is 11.3 Å². The van der Waals surface area contributed by atoms with Crippen molar-refractivity contribution in [3.8, 4) is 5.75 Å². The van der Waals surface area contributed by atoms with Gasteiger partial charge in [-0.1, -0.05) is 11.3 Å². The van der Waals surface area contributed by atoms with E-state index < -0.39 is 16.1 Å². The third-order valence-corrected chi connectivity index (χ3v) is 5.16. The van der Waals surface area contributed by atoms with Gasteiger partial charge in [0.05, 0.1) is 10.6 Å². The molecule has 22 heavy (non-hydrogen) atoms. The number of aromatic nitrogens is 2. The van der Waals surface area contributed by atoms with E-state index in [4.69, 9.17) is 4.74 Å². The molecule has 1 unspecified atom stereocenters. The summed E-state index contributed by atoms with van der Waals surface area (Å²) in [6, 6.07) is 4.23. The summed E-state index contributed by atoms with van der Waals surface area (Å²) >= 11 is 1.14. The number of carbonyl (C=O) groups excluding carboxylic acids is 1. The van der Waals surface area contributed by atoms with E-state index in [1.807, 2.05) is 0 Å². The van der Waals surface area contributed by atoms with Gasteiger partial charge in [0.15, 0.2) is 6.10 Å². The lowest BCUT2D eigenvalue weighted by Gasteiger charge is -2.23. The van der Waals surface area contributed by atoms with Gasteiger partial charge >= 0.3 is 0 Å². The number of sulfonamides is 1. The van der Waals surface area contributed by atoms with E-state index in [-0.39, 0.29) is 15.9 Å². The predicted molar refractivity (Wildman–Crippen MR) is 80.6 cm³/mol. The third kappa shape index (κ3) is 2.74. The molecule has 2 heterocycles. The van der Waals surface area contributed by atoms with E-state index in [0.29, 0.717) is 16.4 Å². The number of fused-ring (bicyclic) bond motifs is 1. The average Bonchev–Trinajstić information content (AvgIpc) is 2.84. The average molecular weight is 340 g/mol. The minimum atomic E-state index is -3.80. The van der Waals surface area contributed by atoms with Crippen molar-refractivity contribution in [2.45, 2.75) is 24.8 Å². The summed E-state index contributed by atoms with van der Waals surface area (Å²) in [5, 5.41) is 11.0. The zero-order valence-corrected chi connectivity index (χ0v) is 13.3. The van der Waals surface area contributed by atoms with Crippen molar-refractivity contribution in [1.82, 2.24) is 10.2 Å². The Bertz CT molecular complexity index is 847. The number of amides is 1. The van der Waals surface area contributed by atoms with Crippen LogP contribution in [-0.4, -0.2) is 30.6 Å². The topological polar surface area (TPSA) is 110 Å². The minimum Gasteiger partial charge on any atom is -0.479 e. The molecule has 0 saturated heterocycles. The number of rotatable bonds is 3. The van der Waals surface area contributed by atoms with Crippen molar-refractivity contribution in [1.29, 1.82) is 0 Å². The highest BCUT2D eigenvalue weighted by atomic mass is 32.2. The van der Waals surface area contributed by atoms with E-state index >= 15 is 0 Å². The van der Waals surface area contributed by atoms with Gasteiger partial charge in [0, 0.05) is 6.07 Å². The maximum absolute atomic E-state index is 12.3. The molecule has 10 heteroatoms. The molecule has 1 aliphatic heterocycles. The molecule has 0 aliphatic carbocycles. The molecule has 1 atom stereocenters. The molecular weight excluding hydrogens is 328 g/mol. The van der Waals surface area contributed by atoms with Crippen LogP contribution in [0.15, 0.2) is 23.1 Å². The second kappa shape index (κ2) is 5.21. The second-order valence-electron chi connectivity index (χ2n) is 4.64. The molecule has 3 rings (SSSR count). The third-order valence-electron chi connectivity index (χ3n) is 2.94. The first-order valence-corrected chi connectivity index (χ1v) is 8.59. The predicted octanol–water partition coefficient (Wildman–Crippen LogP) is 1.37. The lowest BCUT2D eigenvalue weighted by Crippen LogP contribution is -2.34. The SMILES string of the molecule is Cc1nnc(NS(=O)(=O)c2ccc3c(c2)OC(C)C(=O)N3)s1. The lowest BCUT2D eigenvalue weighted by molar-refractivity contribution is -0.122. The fraction of sp³-hybridized carbons (Fsp3) is 0.250. The van der Waals surface area contributed by atoms with Crippen molar-refractivity contribution >= 4 is 38.1 Å². The Morgan fingerprint density at radius 2 is 2.14 bits per heavy atom. The fourth-order valence-corrected chi connectivity index (χ4v) is 3.70. The highest BCUT2D eigenvalue weighted by Gasteiger charge is 2.26. The summed E-state index contributed by atoms with van der Waals surface area (Å²) in [4.78, 5) is 11.5. The first-order valence-electron chi connectivity index (χ1n) is 6.30. The Morgan fingerprint density at radius 1 is 1.36 bits per heavy atom. The zero-order chi connectivity index (χ0) is 15.9. The van der Waals surface area contributed by atoms with Crippen LogP contribution < -0.4 is 14.8 Å². The number of ether oxygens (including phenoxy) is 1. The Hall–Kier alpha value is -2.20. The maximum atomic E-state index is 12.3. The number of aryl methyl sites for hydroxylation is 1. The summed E-state index contributed by atoms with van der Waals surface area (Å²) in [5.74, 6) is 0.0361. The second-order valence-corrected chi connectivity index (χ2v) is 7.50. The molecule has 0 radical (unpaired) electrons.